The fraction of sp³-hybridized carbons (Fsp3) is 0.300. The molecule has 2 aromatic heterocycles. The monoisotopic (exact) mass is 314 g/mol. The summed E-state index contributed by atoms with van der Waals surface area (Å²) in [6.07, 6.45) is 2.13. The third-order valence-corrected chi connectivity index (χ3v) is 3.39. The molecule has 3 rings (SSSR count). The molecule has 1 saturated heterocycles. The van der Waals surface area contributed by atoms with Crippen molar-refractivity contribution in [2.24, 2.45) is 0 Å². The summed E-state index contributed by atoms with van der Waals surface area (Å²) < 4.78 is 2.56. The Morgan fingerprint density at radius 3 is 3.06 bits per heavy atom. The van der Waals surface area contributed by atoms with Crippen LogP contribution in [0.4, 0.5) is 5.95 Å². The minimum Gasteiger partial charge on any atom is -0.278 e. The van der Waals surface area contributed by atoms with Crippen LogP contribution in [0, 0.1) is 0 Å². The molecule has 88 valence electrons. The first-order valence-corrected chi connectivity index (χ1v) is 6.33. The summed E-state index contributed by atoms with van der Waals surface area (Å²) in [5.41, 5.74) is 0.695. The molecular formula is C10H8BrClN4O. The van der Waals surface area contributed by atoms with E-state index in [-0.39, 0.29) is 11.3 Å². The van der Waals surface area contributed by atoms with Gasteiger partial charge in [-0.2, -0.15) is 4.98 Å². The second-order valence-corrected chi connectivity index (χ2v) is 5.40. The van der Waals surface area contributed by atoms with Crippen LogP contribution in [0.3, 0.4) is 0 Å². The Kier molecular flexibility index (Phi) is 2.56. The highest BCUT2D eigenvalue weighted by molar-refractivity contribution is 9.10. The number of anilines is 1. The van der Waals surface area contributed by atoms with Crippen LogP contribution in [-0.4, -0.2) is 32.4 Å². The topological polar surface area (TPSA) is 50.5 Å². The molecule has 1 aliphatic heterocycles. The minimum absolute atomic E-state index is 0.0278. The van der Waals surface area contributed by atoms with Gasteiger partial charge in [0.15, 0.2) is 5.65 Å². The largest absolute Gasteiger partial charge is 0.278 e. The SMILES string of the molecule is O=C1CC(Cl)CN1c1nc2cc(Br)ccn2n1. The van der Waals surface area contributed by atoms with Gasteiger partial charge in [0.2, 0.25) is 5.91 Å². The van der Waals surface area contributed by atoms with Crippen molar-refractivity contribution in [1.82, 2.24) is 14.6 Å². The molecule has 7 heteroatoms. The molecule has 0 N–H and O–H groups in total. The lowest BCUT2D eigenvalue weighted by atomic mass is 10.4. The first-order chi connectivity index (χ1) is 8.13. The van der Waals surface area contributed by atoms with Crippen LogP contribution in [-0.2, 0) is 4.79 Å². The molecule has 5 nitrogen and oxygen atoms in total. The van der Waals surface area contributed by atoms with Gasteiger partial charge in [-0.1, -0.05) is 15.9 Å². The molecule has 0 saturated carbocycles. The molecule has 0 aliphatic carbocycles. The van der Waals surface area contributed by atoms with E-state index >= 15 is 0 Å². The predicted molar refractivity (Wildman–Crippen MR) is 67.3 cm³/mol. The van der Waals surface area contributed by atoms with Crippen LogP contribution in [0.2, 0.25) is 0 Å². The predicted octanol–water partition coefficient (Wildman–Crippen LogP) is 1.84. The van der Waals surface area contributed by atoms with Gasteiger partial charge >= 0.3 is 0 Å². The number of carbonyl (C=O) groups excluding carboxylic acids is 1. The van der Waals surface area contributed by atoms with Crippen LogP contribution < -0.4 is 4.90 Å². The van der Waals surface area contributed by atoms with Crippen LogP contribution in [0.25, 0.3) is 5.65 Å². The van der Waals surface area contributed by atoms with Gasteiger partial charge in [0, 0.05) is 23.6 Å². The highest BCUT2D eigenvalue weighted by Gasteiger charge is 2.31. The van der Waals surface area contributed by atoms with Crippen molar-refractivity contribution in [3.63, 3.8) is 0 Å². The molecule has 1 aliphatic rings. The van der Waals surface area contributed by atoms with E-state index in [1.54, 1.807) is 10.7 Å². The van der Waals surface area contributed by atoms with Gasteiger partial charge in [-0.05, 0) is 12.1 Å². The van der Waals surface area contributed by atoms with Gasteiger partial charge in [-0.25, -0.2) is 4.52 Å². The molecular weight excluding hydrogens is 307 g/mol. The Morgan fingerprint density at radius 1 is 1.53 bits per heavy atom. The summed E-state index contributed by atoms with van der Waals surface area (Å²) in [6, 6.07) is 3.71. The van der Waals surface area contributed by atoms with Crippen molar-refractivity contribution >= 4 is 45.0 Å². The van der Waals surface area contributed by atoms with Crippen molar-refractivity contribution in [2.45, 2.75) is 11.8 Å². The lowest BCUT2D eigenvalue weighted by Gasteiger charge is -2.09. The van der Waals surface area contributed by atoms with E-state index in [1.807, 2.05) is 12.1 Å². The van der Waals surface area contributed by atoms with Crippen LogP contribution in [0.1, 0.15) is 6.42 Å². The third-order valence-electron chi connectivity index (χ3n) is 2.61. The van der Waals surface area contributed by atoms with E-state index in [9.17, 15) is 4.79 Å². The highest BCUT2D eigenvalue weighted by atomic mass is 79.9. The smallest absolute Gasteiger partial charge is 0.252 e. The second kappa shape index (κ2) is 3.96. The number of rotatable bonds is 1. The summed E-state index contributed by atoms with van der Waals surface area (Å²) in [5.74, 6) is 0.385. The van der Waals surface area contributed by atoms with Crippen molar-refractivity contribution in [2.75, 3.05) is 11.4 Å². The Labute approximate surface area is 111 Å². The molecule has 1 unspecified atom stereocenters. The van der Waals surface area contributed by atoms with Gasteiger partial charge < -0.3 is 0 Å². The second-order valence-electron chi connectivity index (χ2n) is 3.87. The molecule has 1 amide bonds. The van der Waals surface area contributed by atoms with Gasteiger partial charge in [-0.3, -0.25) is 9.69 Å². The molecule has 1 atom stereocenters. The summed E-state index contributed by atoms with van der Waals surface area (Å²) in [5, 5.41) is 4.10. The van der Waals surface area contributed by atoms with Crippen LogP contribution >= 0.6 is 27.5 Å². The van der Waals surface area contributed by atoms with E-state index in [0.29, 0.717) is 24.6 Å². The maximum atomic E-state index is 11.7. The van der Waals surface area contributed by atoms with E-state index < -0.39 is 0 Å². The fourth-order valence-corrected chi connectivity index (χ4v) is 2.41. The average molecular weight is 316 g/mol. The van der Waals surface area contributed by atoms with Gasteiger partial charge in [0.05, 0.1) is 5.38 Å². The number of pyridine rings is 1. The Bertz CT molecular complexity index is 599. The Morgan fingerprint density at radius 2 is 2.35 bits per heavy atom. The van der Waals surface area contributed by atoms with E-state index in [0.717, 1.165) is 4.47 Å². The molecule has 0 radical (unpaired) electrons. The molecule has 0 bridgehead atoms. The summed E-state index contributed by atoms with van der Waals surface area (Å²) in [6.45, 7) is 0.471. The lowest BCUT2D eigenvalue weighted by molar-refractivity contribution is -0.117. The standard InChI is InChI=1S/C10H8BrClN4O/c11-6-1-2-16-8(3-6)13-10(14-16)15-5-7(12)4-9(15)17/h1-3,7H,4-5H2. The minimum atomic E-state index is -0.152. The Balaban J connectivity index is 2.03. The zero-order valence-corrected chi connectivity index (χ0v) is 11.0. The van der Waals surface area contributed by atoms with E-state index in [2.05, 4.69) is 26.0 Å². The van der Waals surface area contributed by atoms with Crippen molar-refractivity contribution in [3.8, 4) is 0 Å². The van der Waals surface area contributed by atoms with Gasteiger partial charge in [-0.15, -0.1) is 16.7 Å². The zero-order valence-electron chi connectivity index (χ0n) is 8.68. The number of aromatic nitrogens is 3. The van der Waals surface area contributed by atoms with Crippen molar-refractivity contribution in [1.29, 1.82) is 0 Å². The summed E-state index contributed by atoms with van der Waals surface area (Å²) in [7, 11) is 0. The van der Waals surface area contributed by atoms with Crippen LogP contribution in [0.15, 0.2) is 22.8 Å². The first kappa shape index (κ1) is 11.0. The van der Waals surface area contributed by atoms with Gasteiger partial charge in [0.25, 0.3) is 5.95 Å². The van der Waals surface area contributed by atoms with Gasteiger partial charge in [0.1, 0.15) is 0 Å². The number of halogens is 2. The average Bonchev–Trinajstić information content (AvgIpc) is 2.80. The maximum absolute atomic E-state index is 11.7. The molecule has 0 aromatic carbocycles. The van der Waals surface area contributed by atoms with E-state index in [1.165, 1.54) is 4.90 Å². The zero-order chi connectivity index (χ0) is 12.0. The van der Waals surface area contributed by atoms with E-state index in [4.69, 9.17) is 11.6 Å². The normalized spacial score (nSPS) is 20.5. The summed E-state index contributed by atoms with van der Waals surface area (Å²) in [4.78, 5) is 17.5. The number of fused-ring (bicyclic) bond motifs is 1. The number of hydrogen-bond acceptors (Lipinski definition) is 3. The highest BCUT2D eigenvalue weighted by Crippen LogP contribution is 2.22. The molecule has 0 spiro atoms. The number of nitrogens with zero attached hydrogens (tertiary/aromatic N) is 4. The Hall–Kier alpha value is -1.14. The molecule has 2 aromatic rings. The van der Waals surface area contributed by atoms with Crippen LogP contribution in [0.5, 0.6) is 0 Å². The number of hydrogen-bond donors (Lipinski definition) is 0. The number of amides is 1. The molecule has 1 fully saturated rings. The van der Waals surface area contributed by atoms with Crippen molar-refractivity contribution < 1.29 is 4.79 Å². The number of carbonyl (C=O) groups is 1. The van der Waals surface area contributed by atoms with Crippen molar-refractivity contribution in [3.05, 3.63) is 22.8 Å². The fourth-order valence-electron chi connectivity index (χ4n) is 1.82. The maximum Gasteiger partial charge on any atom is 0.252 e. The lowest BCUT2D eigenvalue weighted by Crippen LogP contribution is -2.25. The molecule has 3 heterocycles. The third kappa shape index (κ3) is 1.91. The first-order valence-electron chi connectivity index (χ1n) is 5.10. The number of alkyl halides is 1. The quantitative estimate of drug-likeness (QED) is 0.755. The molecule has 17 heavy (non-hydrogen) atoms. The summed E-state index contributed by atoms with van der Waals surface area (Å²) >= 11 is 9.31.